The van der Waals surface area contributed by atoms with Gasteiger partial charge in [0, 0.05) is 26.1 Å². The average Bonchev–Trinajstić information content (AvgIpc) is 3.49. The fraction of sp³-hybridized carbons (Fsp3) is 0.500. The van der Waals surface area contributed by atoms with Gasteiger partial charge in [-0.1, -0.05) is 55.3 Å². The summed E-state index contributed by atoms with van der Waals surface area (Å²) in [7, 11) is -3.21. The molecule has 0 aliphatic carbocycles. The molecular formula is C34H45N4O10P. The molecule has 0 radical (unpaired) electrons. The van der Waals surface area contributed by atoms with E-state index in [4.69, 9.17) is 14.5 Å². The zero-order valence-corrected chi connectivity index (χ0v) is 28.4. The number of hydrogen-bond acceptors (Lipinski definition) is 8. The zero-order valence-electron chi connectivity index (χ0n) is 27.5. The van der Waals surface area contributed by atoms with Crippen molar-refractivity contribution < 1.29 is 47.6 Å². The maximum atomic E-state index is 14.0. The third-order valence-electron chi connectivity index (χ3n) is 8.77. The number of amides is 4. The molecular weight excluding hydrogens is 655 g/mol. The largest absolute Gasteiger partial charge is 0.524 e. The van der Waals surface area contributed by atoms with Crippen LogP contribution in [0, 0.1) is 5.92 Å². The number of benzene rings is 2. The zero-order chi connectivity index (χ0) is 35.4. The normalized spacial score (nSPS) is 19.9. The Labute approximate surface area is 285 Å². The number of fused-ring (bicyclic) bond motifs is 1. The number of rotatable bonds is 15. The second kappa shape index (κ2) is 17.9. The van der Waals surface area contributed by atoms with Gasteiger partial charge in [-0.05, 0) is 61.8 Å². The van der Waals surface area contributed by atoms with Gasteiger partial charge in [0.05, 0.1) is 12.3 Å². The molecule has 4 atom stereocenters. The number of esters is 1. The van der Waals surface area contributed by atoms with Crippen LogP contribution < -0.4 is 20.5 Å². The van der Waals surface area contributed by atoms with Crippen molar-refractivity contribution in [1.29, 1.82) is 0 Å². The minimum Gasteiger partial charge on any atom is -0.461 e. The highest BCUT2D eigenvalue weighted by Gasteiger charge is 2.44. The monoisotopic (exact) mass is 700 g/mol. The second-order valence-corrected chi connectivity index (χ2v) is 13.5. The van der Waals surface area contributed by atoms with Crippen molar-refractivity contribution in [1.82, 2.24) is 20.9 Å². The van der Waals surface area contributed by atoms with E-state index in [0.717, 1.165) is 18.4 Å². The first-order valence-corrected chi connectivity index (χ1v) is 18.1. The Morgan fingerprint density at radius 3 is 2.37 bits per heavy atom. The summed E-state index contributed by atoms with van der Waals surface area (Å²) in [5.41, 5.74) is 1.37. The van der Waals surface area contributed by atoms with Crippen molar-refractivity contribution in [3.05, 3.63) is 65.7 Å². The van der Waals surface area contributed by atoms with Gasteiger partial charge in [0.1, 0.15) is 24.4 Å². The lowest BCUT2D eigenvalue weighted by Crippen LogP contribution is -2.57. The summed E-state index contributed by atoms with van der Waals surface area (Å²) >= 11 is 0. The number of carbonyl (C=O) groups is 5. The van der Waals surface area contributed by atoms with E-state index < -0.39 is 37.7 Å². The van der Waals surface area contributed by atoms with Crippen LogP contribution >= 0.6 is 7.82 Å². The van der Waals surface area contributed by atoms with E-state index in [2.05, 4.69) is 20.5 Å². The molecule has 0 saturated carbocycles. The van der Waals surface area contributed by atoms with Crippen LogP contribution in [0.25, 0.3) is 0 Å². The Morgan fingerprint density at radius 1 is 0.959 bits per heavy atom. The maximum Gasteiger partial charge on any atom is 0.524 e. The molecule has 2 aliphatic rings. The molecule has 0 spiro atoms. The van der Waals surface area contributed by atoms with E-state index in [1.807, 2.05) is 30.3 Å². The molecule has 2 fully saturated rings. The summed E-state index contributed by atoms with van der Waals surface area (Å²) in [4.78, 5) is 85.4. The van der Waals surface area contributed by atoms with Crippen LogP contribution in [-0.2, 0) is 46.3 Å². The van der Waals surface area contributed by atoms with E-state index >= 15 is 0 Å². The number of phosphoric ester groups is 1. The average molecular weight is 701 g/mol. The molecule has 0 aromatic heterocycles. The first kappa shape index (κ1) is 37.6. The quantitative estimate of drug-likeness (QED) is 0.104. The van der Waals surface area contributed by atoms with Crippen LogP contribution in [0.5, 0.6) is 5.75 Å². The number of nitrogens with one attached hydrogen (secondary N) is 3. The Hall–Kier alpha value is -4.26. The molecule has 2 aromatic rings. The van der Waals surface area contributed by atoms with Gasteiger partial charge in [-0.3, -0.25) is 33.8 Å². The molecule has 2 aliphatic heterocycles. The lowest BCUT2D eigenvalue weighted by atomic mass is 9.93. The van der Waals surface area contributed by atoms with Gasteiger partial charge < -0.3 is 30.1 Å². The summed E-state index contributed by atoms with van der Waals surface area (Å²) in [6.07, 6.45) is 4.32. The second-order valence-electron chi connectivity index (χ2n) is 12.4. The minimum atomic E-state index is -4.76. The molecule has 1 unspecified atom stereocenters. The highest BCUT2D eigenvalue weighted by molar-refractivity contribution is 7.46. The standard InChI is InChI=1S/C34H45N4O10P/c1-35-30(39)12-7-19-36-33(42)29-18-15-26-10-5-6-11-28(34(43)38(26)29)37-32(41)25(21-31(40)47-22-24-8-3-2-4-9-24)20-23-13-16-27(17-14-23)48-49(44,45)46/h2-4,8-9,13-14,16-17,25-26,28-29H,5-7,10-12,15,18-22H2,1H3,(H,35,39)(H,36,42)(H,37,41)(H2,44,45,46)/t25-,26?,28+,29+/m1/s1. The Bertz CT molecular complexity index is 1500. The van der Waals surface area contributed by atoms with Crippen LogP contribution in [0.1, 0.15) is 68.9 Å². The summed E-state index contributed by atoms with van der Waals surface area (Å²) in [6, 6.07) is 13.1. The van der Waals surface area contributed by atoms with Crippen LogP contribution in [0.2, 0.25) is 0 Å². The third-order valence-corrected chi connectivity index (χ3v) is 9.22. The number of phosphoric acid groups is 1. The van der Waals surface area contributed by atoms with Gasteiger partial charge in [0.25, 0.3) is 0 Å². The summed E-state index contributed by atoms with van der Waals surface area (Å²) < 4.78 is 21.3. The minimum absolute atomic E-state index is 0.0230. The van der Waals surface area contributed by atoms with Crippen LogP contribution in [-0.4, -0.2) is 76.0 Å². The van der Waals surface area contributed by atoms with Crippen molar-refractivity contribution in [3.63, 3.8) is 0 Å². The predicted octanol–water partition coefficient (Wildman–Crippen LogP) is 2.51. The van der Waals surface area contributed by atoms with Crippen molar-refractivity contribution in [2.45, 2.75) is 88.9 Å². The number of carbonyl (C=O) groups excluding carboxylic acids is 5. The van der Waals surface area contributed by atoms with Crippen LogP contribution in [0.15, 0.2) is 54.6 Å². The van der Waals surface area contributed by atoms with Crippen LogP contribution in [0.4, 0.5) is 0 Å². The van der Waals surface area contributed by atoms with Crippen molar-refractivity contribution in [2.75, 3.05) is 13.6 Å². The Morgan fingerprint density at radius 2 is 1.67 bits per heavy atom. The highest BCUT2D eigenvalue weighted by atomic mass is 31.2. The number of nitrogens with zero attached hydrogens (tertiary/aromatic N) is 1. The van der Waals surface area contributed by atoms with E-state index in [9.17, 15) is 28.5 Å². The molecule has 2 heterocycles. The fourth-order valence-electron chi connectivity index (χ4n) is 6.28. The van der Waals surface area contributed by atoms with E-state index in [0.29, 0.717) is 44.2 Å². The number of ether oxygens (including phenoxy) is 1. The van der Waals surface area contributed by atoms with E-state index in [1.165, 1.54) is 24.3 Å². The fourth-order valence-corrected chi connectivity index (χ4v) is 6.68. The molecule has 4 amide bonds. The van der Waals surface area contributed by atoms with Crippen molar-refractivity contribution in [2.24, 2.45) is 5.92 Å². The van der Waals surface area contributed by atoms with Gasteiger partial charge in [-0.2, -0.15) is 0 Å². The smallest absolute Gasteiger partial charge is 0.461 e. The Balaban J connectivity index is 1.46. The predicted molar refractivity (Wildman–Crippen MR) is 178 cm³/mol. The van der Waals surface area contributed by atoms with E-state index in [-0.39, 0.29) is 55.4 Å². The molecule has 5 N–H and O–H groups in total. The van der Waals surface area contributed by atoms with Gasteiger partial charge in [0.2, 0.25) is 23.6 Å². The van der Waals surface area contributed by atoms with Crippen molar-refractivity contribution in [3.8, 4) is 5.75 Å². The molecule has 4 rings (SSSR count). The lowest BCUT2D eigenvalue weighted by Gasteiger charge is -2.35. The van der Waals surface area contributed by atoms with Gasteiger partial charge >= 0.3 is 13.8 Å². The SMILES string of the molecule is CNC(=O)CCCNC(=O)[C@@H]1CCC2CCCC[C@H](NC(=O)[C@@H](CC(=O)OCc3ccccc3)Cc3ccc(OP(=O)(O)O)cc3)C(=O)N21. The molecule has 266 valence electrons. The first-order valence-electron chi connectivity index (χ1n) is 16.6. The van der Waals surface area contributed by atoms with Crippen molar-refractivity contribution >= 4 is 37.4 Å². The Kier molecular flexibility index (Phi) is 13.7. The molecule has 2 saturated heterocycles. The van der Waals surface area contributed by atoms with Crippen LogP contribution in [0.3, 0.4) is 0 Å². The molecule has 15 heteroatoms. The van der Waals surface area contributed by atoms with Gasteiger partial charge in [0.15, 0.2) is 0 Å². The molecule has 2 aromatic carbocycles. The molecule has 0 bridgehead atoms. The molecule has 14 nitrogen and oxygen atoms in total. The van der Waals surface area contributed by atoms with Gasteiger partial charge in [-0.25, -0.2) is 4.57 Å². The first-order chi connectivity index (χ1) is 23.4. The number of hydrogen-bond donors (Lipinski definition) is 5. The highest BCUT2D eigenvalue weighted by Crippen LogP contribution is 2.37. The lowest BCUT2D eigenvalue weighted by molar-refractivity contribution is -0.149. The third kappa shape index (κ3) is 11.7. The van der Waals surface area contributed by atoms with Gasteiger partial charge in [-0.15, -0.1) is 0 Å². The summed E-state index contributed by atoms with van der Waals surface area (Å²) in [6.45, 7) is 0.319. The molecule has 49 heavy (non-hydrogen) atoms. The topological polar surface area (TPSA) is 201 Å². The van der Waals surface area contributed by atoms with E-state index in [1.54, 1.807) is 11.9 Å². The summed E-state index contributed by atoms with van der Waals surface area (Å²) in [5.74, 6) is -2.90. The maximum absolute atomic E-state index is 14.0. The summed E-state index contributed by atoms with van der Waals surface area (Å²) in [5, 5.41) is 8.28.